The van der Waals surface area contributed by atoms with Gasteiger partial charge in [-0.2, -0.15) is 5.26 Å². The van der Waals surface area contributed by atoms with Crippen molar-refractivity contribution in [3.8, 4) is 6.07 Å². The van der Waals surface area contributed by atoms with Crippen LogP contribution in [0.1, 0.15) is 5.56 Å². The van der Waals surface area contributed by atoms with Gasteiger partial charge in [-0.3, -0.25) is 0 Å². The molecule has 0 heterocycles. The van der Waals surface area contributed by atoms with E-state index >= 15 is 0 Å². The molecule has 3 heteroatoms. The van der Waals surface area contributed by atoms with Crippen molar-refractivity contribution >= 4 is 12.6 Å². The van der Waals surface area contributed by atoms with Gasteiger partial charge >= 0.3 is 0 Å². The summed E-state index contributed by atoms with van der Waals surface area (Å²) in [6, 6.07) is 9.08. The quantitative estimate of drug-likeness (QED) is 0.545. The Bertz CT molecular complexity index is 237. The molecule has 0 saturated heterocycles. The first-order chi connectivity index (χ1) is 4.33. The summed E-state index contributed by atoms with van der Waals surface area (Å²) < 4.78 is 0. The average Bonchev–Trinajstić information content (AvgIpc) is 1.90. The van der Waals surface area contributed by atoms with Crippen molar-refractivity contribution in [2.24, 2.45) is 0 Å². The van der Waals surface area contributed by atoms with Gasteiger partial charge in [0.2, 0.25) is 0 Å². The molecule has 0 aromatic heterocycles. The summed E-state index contributed by atoms with van der Waals surface area (Å²) in [7, 11) is 0. The van der Waals surface area contributed by atoms with Crippen LogP contribution < -0.4 is 0 Å². The zero-order valence-electron chi connectivity index (χ0n) is 5.01. The van der Waals surface area contributed by atoms with E-state index in [0.717, 1.165) is 4.90 Å². The maximum absolute atomic E-state index is 8.35. The van der Waals surface area contributed by atoms with Crippen LogP contribution in [0.25, 0.3) is 0 Å². The largest absolute Gasteiger partial charge is 0.192 e. The first kappa shape index (κ1) is 9.80. The average molecular weight is 243 g/mol. The van der Waals surface area contributed by atoms with Crippen molar-refractivity contribution in [3.63, 3.8) is 0 Å². The molecule has 0 aliphatic heterocycles. The van der Waals surface area contributed by atoms with Crippen molar-refractivity contribution < 1.29 is 22.4 Å². The molecule has 0 spiro atoms. The zero-order valence-corrected chi connectivity index (χ0v) is 7.38. The van der Waals surface area contributed by atoms with Crippen LogP contribution in [0.2, 0.25) is 0 Å². The van der Waals surface area contributed by atoms with Gasteiger partial charge in [0, 0.05) is 27.3 Å². The van der Waals surface area contributed by atoms with Crippen molar-refractivity contribution in [1.29, 1.82) is 5.26 Å². The first-order valence-electron chi connectivity index (χ1n) is 2.52. The van der Waals surface area contributed by atoms with Crippen LogP contribution in [0.15, 0.2) is 29.2 Å². The summed E-state index contributed by atoms with van der Waals surface area (Å²) in [5.41, 5.74) is 0.674. The molecular formula is C7H5AgNS. The van der Waals surface area contributed by atoms with E-state index in [1.54, 1.807) is 24.3 Å². The Hall–Kier alpha value is -0.200. The van der Waals surface area contributed by atoms with Crippen LogP contribution in [0, 0.1) is 11.3 Å². The number of nitriles is 1. The van der Waals surface area contributed by atoms with Crippen LogP contribution in [-0.2, 0) is 22.4 Å². The minimum Gasteiger partial charge on any atom is -0.192 e. The fourth-order valence-corrected chi connectivity index (χ4v) is 0.685. The Labute approximate surface area is 81.0 Å². The van der Waals surface area contributed by atoms with E-state index in [1.165, 1.54) is 0 Å². The van der Waals surface area contributed by atoms with Crippen LogP contribution >= 0.6 is 12.6 Å². The van der Waals surface area contributed by atoms with E-state index in [0.29, 0.717) is 5.56 Å². The molecule has 0 unspecified atom stereocenters. The molecule has 1 rings (SSSR count). The smallest absolute Gasteiger partial charge is 0.0991 e. The van der Waals surface area contributed by atoms with Crippen LogP contribution in [0.4, 0.5) is 0 Å². The van der Waals surface area contributed by atoms with Gasteiger partial charge in [-0.25, -0.2) is 0 Å². The van der Waals surface area contributed by atoms with Crippen LogP contribution in [0.5, 0.6) is 0 Å². The van der Waals surface area contributed by atoms with Gasteiger partial charge < -0.3 is 0 Å². The molecule has 0 amide bonds. The van der Waals surface area contributed by atoms with E-state index in [4.69, 9.17) is 5.26 Å². The van der Waals surface area contributed by atoms with Crippen LogP contribution in [-0.4, -0.2) is 0 Å². The fourth-order valence-electron chi connectivity index (χ4n) is 0.536. The number of nitrogens with zero attached hydrogens (tertiary/aromatic N) is 1. The number of hydrogen-bond donors (Lipinski definition) is 1. The van der Waals surface area contributed by atoms with E-state index in [-0.39, 0.29) is 22.4 Å². The van der Waals surface area contributed by atoms with E-state index in [2.05, 4.69) is 12.6 Å². The molecule has 0 aliphatic rings. The third-order valence-corrected chi connectivity index (χ3v) is 1.29. The standard InChI is InChI=1S/C7H5NS.Ag/c8-5-6-1-3-7(9)4-2-6;/h1-4,9H;. The van der Waals surface area contributed by atoms with E-state index in [9.17, 15) is 0 Å². The van der Waals surface area contributed by atoms with Gasteiger partial charge in [-0.05, 0) is 24.3 Å². The predicted molar refractivity (Wildman–Crippen MR) is 38.4 cm³/mol. The Morgan fingerprint density at radius 1 is 1.20 bits per heavy atom. The Kier molecular flexibility index (Phi) is 4.50. The maximum Gasteiger partial charge on any atom is 0.0991 e. The zero-order chi connectivity index (χ0) is 6.69. The summed E-state index contributed by atoms with van der Waals surface area (Å²) in [6.07, 6.45) is 0. The summed E-state index contributed by atoms with van der Waals surface area (Å²) in [6.45, 7) is 0. The molecule has 0 N–H and O–H groups in total. The fraction of sp³-hybridized carbons (Fsp3) is 0. The second kappa shape index (κ2) is 4.59. The van der Waals surface area contributed by atoms with Gasteiger partial charge in [0.15, 0.2) is 0 Å². The Morgan fingerprint density at radius 3 is 2.10 bits per heavy atom. The summed E-state index contributed by atoms with van der Waals surface area (Å²) in [5, 5.41) is 8.35. The maximum atomic E-state index is 8.35. The third kappa shape index (κ3) is 2.59. The van der Waals surface area contributed by atoms with E-state index in [1.807, 2.05) is 6.07 Å². The van der Waals surface area contributed by atoms with Gasteiger partial charge in [0.25, 0.3) is 0 Å². The van der Waals surface area contributed by atoms with Gasteiger partial charge in [-0.1, -0.05) is 0 Å². The number of hydrogen-bond acceptors (Lipinski definition) is 2. The molecule has 10 heavy (non-hydrogen) atoms. The van der Waals surface area contributed by atoms with Crippen molar-refractivity contribution in [2.75, 3.05) is 0 Å². The summed E-state index contributed by atoms with van der Waals surface area (Å²) in [4.78, 5) is 0.883. The van der Waals surface area contributed by atoms with Gasteiger partial charge in [0.1, 0.15) is 0 Å². The predicted octanol–water partition coefficient (Wildman–Crippen LogP) is 1.84. The SMILES string of the molecule is N#Cc1ccc(S)cc1.[Ag]. The second-order valence-electron chi connectivity index (χ2n) is 1.66. The van der Waals surface area contributed by atoms with E-state index < -0.39 is 0 Å². The molecule has 55 valence electrons. The molecule has 0 bridgehead atoms. The monoisotopic (exact) mass is 242 g/mol. The van der Waals surface area contributed by atoms with Crippen LogP contribution in [0.3, 0.4) is 0 Å². The number of thiol groups is 1. The molecular weight excluding hydrogens is 238 g/mol. The van der Waals surface area contributed by atoms with Gasteiger partial charge in [0.05, 0.1) is 11.6 Å². The second-order valence-corrected chi connectivity index (χ2v) is 2.18. The first-order valence-corrected chi connectivity index (χ1v) is 2.97. The normalized spacial score (nSPS) is 7.60. The Balaban J connectivity index is 0.000000810. The number of rotatable bonds is 0. The minimum atomic E-state index is 0. The molecule has 0 fully saturated rings. The van der Waals surface area contributed by atoms with Gasteiger partial charge in [-0.15, -0.1) is 12.6 Å². The Morgan fingerprint density at radius 2 is 1.70 bits per heavy atom. The van der Waals surface area contributed by atoms with Crippen molar-refractivity contribution in [2.45, 2.75) is 4.90 Å². The molecule has 1 aromatic carbocycles. The summed E-state index contributed by atoms with van der Waals surface area (Å²) in [5.74, 6) is 0. The third-order valence-electron chi connectivity index (χ3n) is 0.996. The number of benzene rings is 1. The molecule has 0 atom stereocenters. The van der Waals surface area contributed by atoms with Crippen molar-refractivity contribution in [3.05, 3.63) is 29.8 Å². The molecule has 1 radical (unpaired) electrons. The molecule has 1 aromatic rings. The molecule has 0 saturated carbocycles. The van der Waals surface area contributed by atoms with Crippen molar-refractivity contribution in [1.82, 2.24) is 0 Å². The topological polar surface area (TPSA) is 23.8 Å². The minimum absolute atomic E-state index is 0. The summed E-state index contributed by atoms with van der Waals surface area (Å²) >= 11 is 4.06. The molecule has 1 nitrogen and oxygen atoms in total. The molecule has 0 aliphatic carbocycles.